The summed E-state index contributed by atoms with van der Waals surface area (Å²) in [5, 5.41) is 0.767. The fourth-order valence-corrected chi connectivity index (χ4v) is 2.74. The summed E-state index contributed by atoms with van der Waals surface area (Å²) in [4.78, 5) is 7.50. The Morgan fingerprint density at radius 3 is 2.89 bits per heavy atom. The van der Waals surface area contributed by atoms with E-state index >= 15 is 0 Å². The molecule has 0 spiro atoms. The van der Waals surface area contributed by atoms with E-state index in [4.69, 9.17) is 5.73 Å². The van der Waals surface area contributed by atoms with Gasteiger partial charge in [-0.15, -0.1) is 0 Å². The van der Waals surface area contributed by atoms with Gasteiger partial charge in [-0.25, -0.2) is 9.37 Å². The standard InChI is InChI=1S/C14H12FN3S/c15-10-5-6-12-13(7-10)18-14(17-12)19-8-9-3-1-2-4-11(9)16/h1-7H,8,16H2,(H,17,18). The number of rotatable bonds is 3. The minimum absolute atomic E-state index is 0.264. The molecule has 3 rings (SSSR count). The van der Waals surface area contributed by atoms with E-state index in [0.717, 1.165) is 27.7 Å². The van der Waals surface area contributed by atoms with E-state index in [1.165, 1.54) is 12.1 Å². The number of aromatic nitrogens is 2. The van der Waals surface area contributed by atoms with Crippen LogP contribution in [0.15, 0.2) is 47.6 Å². The molecule has 19 heavy (non-hydrogen) atoms. The third-order valence-electron chi connectivity index (χ3n) is 2.84. The van der Waals surface area contributed by atoms with Gasteiger partial charge in [0, 0.05) is 11.4 Å². The van der Waals surface area contributed by atoms with Crippen molar-refractivity contribution in [2.45, 2.75) is 10.9 Å². The monoisotopic (exact) mass is 273 g/mol. The van der Waals surface area contributed by atoms with Crippen molar-refractivity contribution >= 4 is 28.5 Å². The molecular weight excluding hydrogens is 261 g/mol. The van der Waals surface area contributed by atoms with Gasteiger partial charge in [0.2, 0.25) is 0 Å². The molecule has 0 aliphatic rings. The van der Waals surface area contributed by atoms with E-state index < -0.39 is 0 Å². The molecule has 3 nitrogen and oxygen atoms in total. The average molecular weight is 273 g/mol. The van der Waals surface area contributed by atoms with Gasteiger partial charge >= 0.3 is 0 Å². The Morgan fingerprint density at radius 2 is 2.05 bits per heavy atom. The van der Waals surface area contributed by atoms with Crippen molar-refractivity contribution in [3.63, 3.8) is 0 Å². The maximum Gasteiger partial charge on any atom is 0.166 e. The number of fused-ring (bicyclic) bond motifs is 1. The van der Waals surface area contributed by atoms with Gasteiger partial charge in [0.25, 0.3) is 0 Å². The number of hydrogen-bond acceptors (Lipinski definition) is 3. The SMILES string of the molecule is Nc1ccccc1CSc1nc2ccc(F)cc2[nH]1. The second kappa shape index (κ2) is 4.93. The number of hydrogen-bond donors (Lipinski definition) is 2. The molecular formula is C14H12FN3S. The van der Waals surface area contributed by atoms with Crippen LogP contribution in [0.1, 0.15) is 5.56 Å². The minimum atomic E-state index is -0.264. The Morgan fingerprint density at radius 1 is 1.21 bits per heavy atom. The fraction of sp³-hybridized carbons (Fsp3) is 0.0714. The van der Waals surface area contributed by atoms with E-state index in [9.17, 15) is 4.39 Å². The predicted molar refractivity (Wildman–Crippen MR) is 76.5 cm³/mol. The van der Waals surface area contributed by atoms with E-state index in [1.54, 1.807) is 17.8 Å². The molecule has 0 atom stereocenters. The minimum Gasteiger partial charge on any atom is -0.398 e. The van der Waals surface area contributed by atoms with E-state index in [2.05, 4.69) is 9.97 Å². The number of H-pyrrole nitrogens is 1. The van der Waals surface area contributed by atoms with Crippen LogP contribution in [0.25, 0.3) is 11.0 Å². The summed E-state index contributed by atoms with van der Waals surface area (Å²) >= 11 is 1.55. The molecule has 0 bridgehead atoms. The predicted octanol–water partition coefficient (Wildman–Crippen LogP) is 3.58. The lowest BCUT2D eigenvalue weighted by Gasteiger charge is -2.02. The highest BCUT2D eigenvalue weighted by Crippen LogP contribution is 2.25. The van der Waals surface area contributed by atoms with Gasteiger partial charge in [0.05, 0.1) is 11.0 Å². The zero-order valence-electron chi connectivity index (χ0n) is 10.1. The zero-order valence-corrected chi connectivity index (χ0v) is 10.9. The maximum atomic E-state index is 13.1. The van der Waals surface area contributed by atoms with Crippen LogP contribution in [0, 0.1) is 5.82 Å². The highest BCUT2D eigenvalue weighted by Gasteiger charge is 2.05. The molecule has 0 radical (unpaired) electrons. The molecule has 96 valence electrons. The topological polar surface area (TPSA) is 54.7 Å². The van der Waals surface area contributed by atoms with Crippen molar-refractivity contribution in [3.05, 3.63) is 53.8 Å². The normalized spacial score (nSPS) is 11.0. The summed E-state index contributed by atoms with van der Waals surface area (Å²) < 4.78 is 13.1. The summed E-state index contributed by atoms with van der Waals surface area (Å²) in [6.07, 6.45) is 0. The summed E-state index contributed by atoms with van der Waals surface area (Å²) in [5.41, 5.74) is 9.21. The number of anilines is 1. The second-order valence-electron chi connectivity index (χ2n) is 4.19. The number of thioether (sulfide) groups is 1. The van der Waals surface area contributed by atoms with Gasteiger partial charge in [0.15, 0.2) is 5.16 Å². The van der Waals surface area contributed by atoms with Gasteiger partial charge in [-0.2, -0.15) is 0 Å². The Bertz CT molecular complexity index is 724. The molecule has 5 heteroatoms. The summed E-state index contributed by atoms with van der Waals surface area (Å²) in [6, 6.07) is 12.3. The number of para-hydroxylation sites is 1. The number of nitrogens with zero attached hydrogens (tertiary/aromatic N) is 1. The van der Waals surface area contributed by atoms with Gasteiger partial charge < -0.3 is 10.7 Å². The first kappa shape index (κ1) is 12.0. The molecule has 0 saturated heterocycles. The van der Waals surface area contributed by atoms with Crippen molar-refractivity contribution < 1.29 is 4.39 Å². The average Bonchev–Trinajstić information content (AvgIpc) is 2.79. The largest absolute Gasteiger partial charge is 0.398 e. The molecule has 0 aliphatic carbocycles. The number of nitrogens with one attached hydrogen (secondary N) is 1. The molecule has 2 aromatic carbocycles. The number of aromatic amines is 1. The lowest BCUT2D eigenvalue weighted by molar-refractivity contribution is 0.629. The van der Waals surface area contributed by atoms with Crippen LogP contribution in [0.4, 0.5) is 10.1 Å². The molecule has 0 aliphatic heterocycles. The van der Waals surface area contributed by atoms with Gasteiger partial charge in [-0.1, -0.05) is 30.0 Å². The second-order valence-corrected chi connectivity index (χ2v) is 5.15. The first-order valence-electron chi connectivity index (χ1n) is 5.84. The molecule has 1 heterocycles. The van der Waals surface area contributed by atoms with E-state index in [-0.39, 0.29) is 5.82 Å². The third-order valence-corrected chi connectivity index (χ3v) is 3.76. The number of halogens is 1. The molecule has 0 unspecified atom stereocenters. The Hall–Kier alpha value is -2.01. The quantitative estimate of drug-likeness (QED) is 0.566. The first-order valence-corrected chi connectivity index (χ1v) is 6.82. The van der Waals surface area contributed by atoms with Crippen LogP contribution in [0.2, 0.25) is 0 Å². The van der Waals surface area contributed by atoms with Crippen LogP contribution in [0.3, 0.4) is 0 Å². The van der Waals surface area contributed by atoms with Crippen LogP contribution < -0.4 is 5.73 Å². The molecule has 3 aromatic rings. The van der Waals surface area contributed by atoms with Gasteiger partial charge in [0.1, 0.15) is 5.82 Å². The highest BCUT2D eigenvalue weighted by molar-refractivity contribution is 7.98. The smallest absolute Gasteiger partial charge is 0.166 e. The third kappa shape index (κ3) is 2.56. The lowest BCUT2D eigenvalue weighted by Crippen LogP contribution is -1.91. The number of nitrogens with two attached hydrogens (primary N) is 1. The Kier molecular flexibility index (Phi) is 3.13. The van der Waals surface area contributed by atoms with Crippen LogP contribution >= 0.6 is 11.8 Å². The van der Waals surface area contributed by atoms with Crippen molar-refractivity contribution in [1.82, 2.24) is 9.97 Å². The zero-order chi connectivity index (χ0) is 13.2. The fourth-order valence-electron chi connectivity index (χ4n) is 1.84. The van der Waals surface area contributed by atoms with Gasteiger partial charge in [-0.3, -0.25) is 0 Å². The summed E-state index contributed by atoms with van der Waals surface area (Å²) in [7, 11) is 0. The van der Waals surface area contributed by atoms with Crippen LogP contribution in [-0.4, -0.2) is 9.97 Å². The molecule has 0 fully saturated rings. The van der Waals surface area contributed by atoms with Crippen molar-refractivity contribution in [2.24, 2.45) is 0 Å². The molecule has 3 N–H and O–H groups in total. The molecule has 0 saturated carbocycles. The van der Waals surface area contributed by atoms with Crippen molar-refractivity contribution in [3.8, 4) is 0 Å². The molecule has 1 aromatic heterocycles. The number of nitrogen functional groups attached to an aromatic ring is 1. The Balaban J connectivity index is 1.80. The summed E-state index contributed by atoms with van der Waals surface area (Å²) in [5.74, 6) is 0.467. The van der Waals surface area contributed by atoms with E-state index in [1.807, 2.05) is 24.3 Å². The van der Waals surface area contributed by atoms with Crippen LogP contribution in [0.5, 0.6) is 0 Å². The van der Waals surface area contributed by atoms with E-state index in [0.29, 0.717) is 5.52 Å². The first-order chi connectivity index (χ1) is 9.22. The van der Waals surface area contributed by atoms with Gasteiger partial charge in [-0.05, 0) is 29.8 Å². The van der Waals surface area contributed by atoms with Crippen LogP contribution in [-0.2, 0) is 5.75 Å². The lowest BCUT2D eigenvalue weighted by atomic mass is 10.2. The highest BCUT2D eigenvalue weighted by atomic mass is 32.2. The summed E-state index contributed by atoms with van der Waals surface area (Å²) in [6.45, 7) is 0. The number of benzene rings is 2. The van der Waals surface area contributed by atoms with Crippen molar-refractivity contribution in [2.75, 3.05) is 5.73 Å². The van der Waals surface area contributed by atoms with Crippen molar-refractivity contribution in [1.29, 1.82) is 0 Å². The molecule has 0 amide bonds. The number of imidazole rings is 1. The Labute approximate surface area is 114 Å². The maximum absolute atomic E-state index is 13.1.